The number of aromatic nitrogens is 1. The second-order valence-corrected chi connectivity index (χ2v) is 12.8. The normalized spacial score (nSPS) is 12.0. The highest BCUT2D eigenvalue weighted by atomic mass is 32.1. The van der Waals surface area contributed by atoms with Gasteiger partial charge in [0.05, 0.1) is 11.0 Å². The van der Waals surface area contributed by atoms with E-state index in [1.807, 2.05) is 23.5 Å². The quantitative estimate of drug-likeness (QED) is 0.200. The molecule has 0 N–H and O–H groups in total. The first-order chi connectivity index (χ1) is 22.3. The van der Waals surface area contributed by atoms with E-state index in [1.54, 1.807) is 0 Å². The van der Waals surface area contributed by atoms with Crippen molar-refractivity contribution in [2.45, 2.75) is 0 Å². The van der Waals surface area contributed by atoms with Crippen LogP contribution in [0.1, 0.15) is 0 Å². The van der Waals surface area contributed by atoms with E-state index in [9.17, 15) is 0 Å². The minimum atomic E-state index is 0.928. The smallest absolute Gasteiger partial charge is 0.136 e. The third-order valence-electron chi connectivity index (χ3n) is 9.21. The number of hydrogen-bond acceptors (Lipinski definition) is 2. The molecule has 0 aliphatic carbocycles. The maximum Gasteiger partial charge on any atom is 0.136 e. The van der Waals surface area contributed by atoms with Crippen molar-refractivity contribution in [1.29, 1.82) is 0 Å². The largest absolute Gasteiger partial charge is 0.456 e. The summed E-state index contributed by atoms with van der Waals surface area (Å²) in [5, 5.41) is 7.46. The van der Waals surface area contributed by atoms with Gasteiger partial charge in [0.2, 0.25) is 0 Å². The molecule has 0 saturated heterocycles. The van der Waals surface area contributed by atoms with Gasteiger partial charge in [-0.25, -0.2) is 0 Å². The van der Waals surface area contributed by atoms with Crippen LogP contribution >= 0.6 is 11.3 Å². The lowest BCUT2D eigenvalue weighted by atomic mass is 9.98. The minimum absolute atomic E-state index is 0.928. The summed E-state index contributed by atoms with van der Waals surface area (Å²) in [5.74, 6) is 0. The van der Waals surface area contributed by atoms with Crippen LogP contribution in [0.5, 0.6) is 0 Å². The van der Waals surface area contributed by atoms with Crippen LogP contribution in [0.2, 0.25) is 0 Å². The summed E-state index contributed by atoms with van der Waals surface area (Å²) < 4.78 is 11.2. The van der Waals surface area contributed by atoms with Gasteiger partial charge in [-0.15, -0.1) is 11.3 Å². The third-order valence-corrected chi connectivity index (χ3v) is 10.3. The Morgan fingerprint density at radius 2 is 1.20 bits per heavy atom. The highest BCUT2D eigenvalue weighted by Crippen LogP contribution is 2.42. The molecule has 2 nitrogen and oxygen atoms in total. The Kier molecular flexibility index (Phi) is 5.19. The lowest BCUT2D eigenvalue weighted by Crippen LogP contribution is -1.93. The van der Waals surface area contributed by atoms with E-state index >= 15 is 0 Å². The molecule has 210 valence electrons. The van der Waals surface area contributed by atoms with Gasteiger partial charge in [-0.3, -0.25) is 0 Å². The average Bonchev–Trinajstić information content (AvgIpc) is 3.77. The van der Waals surface area contributed by atoms with Crippen molar-refractivity contribution in [3.05, 3.63) is 152 Å². The summed E-state index contributed by atoms with van der Waals surface area (Å²) in [6.45, 7) is 0. The number of fused-ring (bicyclic) bond motifs is 9. The Balaban J connectivity index is 1.15. The Hall–Kier alpha value is -5.64. The van der Waals surface area contributed by atoms with Crippen molar-refractivity contribution < 1.29 is 4.42 Å². The van der Waals surface area contributed by atoms with Crippen LogP contribution in [0.25, 0.3) is 91.9 Å². The fourth-order valence-corrected chi connectivity index (χ4v) is 8.27. The van der Waals surface area contributed by atoms with Crippen molar-refractivity contribution in [1.82, 2.24) is 4.57 Å². The van der Waals surface area contributed by atoms with Crippen LogP contribution in [-0.2, 0) is 0 Å². The van der Waals surface area contributed by atoms with Gasteiger partial charge in [-0.2, -0.15) is 0 Å². The van der Waals surface area contributed by atoms with Crippen molar-refractivity contribution >= 4 is 75.3 Å². The second-order valence-electron chi connectivity index (χ2n) is 11.7. The number of rotatable bonds is 3. The third kappa shape index (κ3) is 3.68. The van der Waals surface area contributed by atoms with Crippen molar-refractivity contribution in [2.75, 3.05) is 0 Å². The number of thiophene rings is 1. The topological polar surface area (TPSA) is 18.1 Å². The van der Waals surface area contributed by atoms with E-state index in [1.165, 1.54) is 75.3 Å². The lowest BCUT2D eigenvalue weighted by molar-refractivity contribution is 0.669. The molecule has 7 aromatic carbocycles. The summed E-state index contributed by atoms with van der Waals surface area (Å²) in [4.78, 5) is 0. The molecule has 0 unspecified atom stereocenters. The van der Waals surface area contributed by atoms with E-state index in [0.717, 1.165) is 16.6 Å². The molecule has 0 amide bonds. The average molecular weight is 592 g/mol. The highest BCUT2D eigenvalue weighted by Gasteiger charge is 2.16. The second kappa shape index (κ2) is 9.43. The van der Waals surface area contributed by atoms with Gasteiger partial charge in [0.25, 0.3) is 0 Å². The Labute approximate surface area is 263 Å². The van der Waals surface area contributed by atoms with Crippen molar-refractivity contribution in [2.24, 2.45) is 0 Å². The van der Waals surface area contributed by atoms with E-state index in [-0.39, 0.29) is 0 Å². The van der Waals surface area contributed by atoms with Crippen molar-refractivity contribution in [3.8, 4) is 27.9 Å². The number of benzene rings is 7. The molecular formula is C42H25NOS. The molecule has 0 aliphatic heterocycles. The number of furan rings is 1. The zero-order valence-corrected chi connectivity index (χ0v) is 25.0. The molecule has 0 saturated carbocycles. The van der Waals surface area contributed by atoms with Gasteiger partial charge in [0, 0.05) is 47.4 Å². The summed E-state index contributed by atoms with van der Waals surface area (Å²) in [6, 6.07) is 54.8. The molecule has 3 heteroatoms. The maximum atomic E-state index is 6.19. The molecule has 3 heterocycles. The lowest BCUT2D eigenvalue weighted by Gasteiger charge is -2.09. The van der Waals surface area contributed by atoms with Crippen LogP contribution < -0.4 is 0 Å². The SMILES string of the molecule is c1ccc(-c2ccc3c(c2)c2ccccc2n3-c2ccc3sc4cc(-c5cccc6oc7ccccc7c56)ccc4c3c2)cc1. The monoisotopic (exact) mass is 591 g/mol. The molecule has 3 aromatic heterocycles. The number of hydrogen-bond donors (Lipinski definition) is 0. The standard InChI is InChI=1S/C42H25NOS/c1-2-9-26(10-3-1)27-18-21-37-34(23-27)31-11-4-6-14-36(31)43(37)29-19-22-40-35(25-29)32-20-17-28(24-41(32)45-40)30-13-8-16-39-42(30)33-12-5-7-15-38(33)44-39/h1-25H. The first-order valence-corrected chi connectivity index (χ1v) is 16.1. The minimum Gasteiger partial charge on any atom is -0.456 e. The zero-order chi connectivity index (χ0) is 29.5. The van der Waals surface area contributed by atoms with E-state index in [2.05, 4.69) is 144 Å². The predicted octanol–water partition coefficient (Wildman–Crippen LogP) is 12.4. The first kappa shape index (κ1) is 24.8. The van der Waals surface area contributed by atoms with Crippen LogP contribution in [0.4, 0.5) is 0 Å². The van der Waals surface area contributed by atoms with E-state index in [0.29, 0.717) is 0 Å². The van der Waals surface area contributed by atoms with Gasteiger partial charge in [-0.1, -0.05) is 97.1 Å². The Morgan fingerprint density at radius 3 is 2.13 bits per heavy atom. The molecular weight excluding hydrogens is 567 g/mol. The maximum absolute atomic E-state index is 6.19. The molecule has 10 rings (SSSR count). The molecule has 10 aromatic rings. The molecule has 0 radical (unpaired) electrons. The fraction of sp³-hybridized carbons (Fsp3) is 0. The predicted molar refractivity (Wildman–Crippen MR) is 192 cm³/mol. The molecule has 0 aliphatic rings. The molecule has 0 atom stereocenters. The van der Waals surface area contributed by atoms with Crippen LogP contribution in [0, 0.1) is 0 Å². The first-order valence-electron chi connectivity index (χ1n) is 15.3. The Morgan fingerprint density at radius 1 is 0.422 bits per heavy atom. The summed E-state index contributed by atoms with van der Waals surface area (Å²) in [6.07, 6.45) is 0. The van der Waals surface area contributed by atoms with Gasteiger partial charge in [-0.05, 0) is 76.9 Å². The molecule has 0 bridgehead atoms. The van der Waals surface area contributed by atoms with Crippen LogP contribution in [-0.4, -0.2) is 4.57 Å². The van der Waals surface area contributed by atoms with Gasteiger partial charge >= 0.3 is 0 Å². The van der Waals surface area contributed by atoms with Crippen molar-refractivity contribution in [3.63, 3.8) is 0 Å². The summed E-state index contributed by atoms with van der Waals surface area (Å²) in [7, 11) is 0. The molecule has 0 spiro atoms. The molecule has 45 heavy (non-hydrogen) atoms. The zero-order valence-electron chi connectivity index (χ0n) is 24.2. The van der Waals surface area contributed by atoms with Gasteiger partial charge in [0.1, 0.15) is 11.2 Å². The molecule has 0 fully saturated rings. The Bertz CT molecular complexity index is 2760. The summed E-state index contributed by atoms with van der Waals surface area (Å²) in [5.41, 5.74) is 10.4. The van der Waals surface area contributed by atoms with Gasteiger partial charge < -0.3 is 8.98 Å². The number of nitrogens with zero attached hydrogens (tertiary/aromatic N) is 1. The fourth-order valence-electron chi connectivity index (χ4n) is 7.15. The van der Waals surface area contributed by atoms with E-state index in [4.69, 9.17) is 4.42 Å². The van der Waals surface area contributed by atoms with E-state index < -0.39 is 0 Å². The van der Waals surface area contributed by atoms with Crippen LogP contribution in [0.15, 0.2) is 156 Å². The highest BCUT2D eigenvalue weighted by molar-refractivity contribution is 7.25. The van der Waals surface area contributed by atoms with Crippen LogP contribution in [0.3, 0.4) is 0 Å². The number of para-hydroxylation sites is 2. The summed E-state index contributed by atoms with van der Waals surface area (Å²) >= 11 is 1.86. The van der Waals surface area contributed by atoms with Gasteiger partial charge in [0.15, 0.2) is 0 Å².